The minimum Gasteiger partial charge on any atom is -0.113 e. The van der Waals surface area contributed by atoms with E-state index in [0.29, 0.717) is 0 Å². The second-order valence-electron chi connectivity index (χ2n) is 6.50. The number of rotatable bonds is 15. The molecule has 136 valence electrons. The molecule has 0 spiro atoms. The Hall–Kier alpha value is 0.647. The van der Waals surface area contributed by atoms with Crippen molar-refractivity contribution in [3.05, 3.63) is 0 Å². The van der Waals surface area contributed by atoms with Crippen molar-refractivity contribution in [2.24, 2.45) is 0 Å². The van der Waals surface area contributed by atoms with Gasteiger partial charge in [0.15, 0.2) is 0 Å². The van der Waals surface area contributed by atoms with Crippen LogP contribution >= 0.6 is 33.2 Å². The molecule has 0 aromatic heterocycles. The fraction of sp³-hybridized carbons (Fsp3) is 0.895. The van der Waals surface area contributed by atoms with Gasteiger partial charge in [-0.1, -0.05) is 102 Å². The molecule has 23 heavy (non-hydrogen) atoms. The topological polar surface area (TPSA) is 0 Å². The van der Waals surface area contributed by atoms with E-state index in [-0.39, 0.29) is 0 Å². The predicted molar refractivity (Wildman–Crippen MR) is 111 cm³/mol. The first-order chi connectivity index (χ1) is 11.1. The van der Waals surface area contributed by atoms with Gasteiger partial charge in [0, 0.05) is 6.42 Å². The monoisotopic (exact) mass is 396 g/mol. The summed E-state index contributed by atoms with van der Waals surface area (Å²) in [5, 5.41) is 0. The number of hydrogen-bond donors (Lipinski definition) is 0. The molecule has 0 saturated heterocycles. The van der Waals surface area contributed by atoms with Crippen LogP contribution in [0.5, 0.6) is 0 Å². The van der Waals surface area contributed by atoms with Crippen molar-refractivity contribution in [2.45, 2.75) is 110 Å². The van der Waals surface area contributed by atoms with Crippen LogP contribution in [0, 0.1) is 11.5 Å². The van der Waals surface area contributed by atoms with E-state index in [0.717, 1.165) is 12.8 Å². The molecule has 0 saturated carbocycles. The van der Waals surface area contributed by atoms with Crippen LogP contribution < -0.4 is 0 Å². The number of halogens is 3. The van der Waals surface area contributed by atoms with Crippen molar-refractivity contribution >= 4 is 39.2 Å². The van der Waals surface area contributed by atoms with E-state index in [1.807, 2.05) is 0 Å². The van der Waals surface area contributed by atoms with Crippen LogP contribution in [0.1, 0.15) is 110 Å². The lowest BCUT2D eigenvalue weighted by Gasteiger charge is -2.03. The van der Waals surface area contributed by atoms with Crippen molar-refractivity contribution in [1.82, 2.24) is 0 Å². The molecule has 0 unspecified atom stereocenters. The highest BCUT2D eigenvalue weighted by Crippen LogP contribution is 2.18. The average Bonchev–Trinajstić information content (AvgIpc) is 2.49. The highest BCUT2D eigenvalue weighted by Gasteiger charge is 2.20. The maximum Gasteiger partial charge on any atom is 0.422 e. The Morgan fingerprint density at radius 3 is 1.26 bits per heavy atom. The highest BCUT2D eigenvalue weighted by atomic mass is 35.8. The summed E-state index contributed by atoms with van der Waals surface area (Å²) in [5.41, 5.74) is 2.76. The molecule has 0 aromatic rings. The molecule has 0 bridgehead atoms. The number of unbranched alkanes of at least 4 members (excludes halogenated alkanes) is 15. The molecule has 0 fully saturated rings. The molecule has 4 heteroatoms. The van der Waals surface area contributed by atoms with E-state index in [2.05, 4.69) is 18.4 Å². The van der Waals surface area contributed by atoms with Gasteiger partial charge >= 0.3 is 6.00 Å². The quantitative estimate of drug-likeness (QED) is 0.112. The zero-order valence-electron chi connectivity index (χ0n) is 14.9. The molecule has 0 nitrogen and oxygen atoms in total. The summed E-state index contributed by atoms with van der Waals surface area (Å²) in [6.07, 6.45) is 21.6. The molecule has 0 amide bonds. The second kappa shape index (κ2) is 17.5. The average molecular weight is 398 g/mol. The Labute approximate surface area is 160 Å². The first kappa shape index (κ1) is 23.6. The van der Waals surface area contributed by atoms with Gasteiger partial charge in [-0.25, -0.2) is 0 Å². The normalized spacial score (nSPS) is 11.3. The second-order valence-corrected chi connectivity index (χ2v) is 14.6. The van der Waals surface area contributed by atoms with Crippen molar-refractivity contribution in [3.8, 4) is 11.5 Å². The highest BCUT2D eigenvalue weighted by molar-refractivity contribution is 7.67. The van der Waals surface area contributed by atoms with Crippen molar-refractivity contribution in [2.75, 3.05) is 0 Å². The van der Waals surface area contributed by atoms with Gasteiger partial charge in [-0.05, 0) is 6.42 Å². The minimum atomic E-state index is -2.71. The van der Waals surface area contributed by atoms with Gasteiger partial charge in [0.05, 0.1) is 0 Å². The smallest absolute Gasteiger partial charge is 0.113 e. The van der Waals surface area contributed by atoms with Crippen molar-refractivity contribution in [3.63, 3.8) is 0 Å². The summed E-state index contributed by atoms with van der Waals surface area (Å²) < 4.78 is 0. The molecule has 0 heterocycles. The van der Waals surface area contributed by atoms with E-state index in [9.17, 15) is 0 Å². The van der Waals surface area contributed by atoms with E-state index < -0.39 is 6.00 Å². The lowest BCUT2D eigenvalue weighted by molar-refractivity contribution is 0.533. The Balaban J connectivity index is 3.09. The largest absolute Gasteiger partial charge is 0.422 e. The van der Waals surface area contributed by atoms with Gasteiger partial charge in [0.2, 0.25) is 0 Å². The van der Waals surface area contributed by atoms with Crippen molar-refractivity contribution < 1.29 is 0 Å². The third-order valence-electron chi connectivity index (χ3n) is 4.14. The van der Waals surface area contributed by atoms with Gasteiger partial charge < -0.3 is 0 Å². The fourth-order valence-corrected chi connectivity index (χ4v) is 3.67. The Kier molecular flexibility index (Phi) is 18.0. The summed E-state index contributed by atoms with van der Waals surface area (Å²) in [6, 6.07) is -2.71. The van der Waals surface area contributed by atoms with Crippen LogP contribution in [0.25, 0.3) is 0 Å². The summed E-state index contributed by atoms with van der Waals surface area (Å²) >= 11 is 17.1. The third-order valence-corrected chi connectivity index (χ3v) is 5.45. The molecule has 0 radical (unpaired) electrons. The van der Waals surface area contributed by atoms with Crippen LogP contribution in [0.4, 0.5) is 0 Å². The molecule has 0 atom stereocenters. The van der Waals surface area contributed by atoms with E-state index in [1.54, 1.807) is 0 Å². The maximum atomic E-state index is 5.70. The van der Waals surface area contributed by atoms with E-state index in [4.69, 9.17) is 33.2 Å². The van der Waals surface area contributed by atoms with Gasteiger partial charge in [-0.2, -0.15) is 0 Å². The number of hydrogen-bond acceptors (Lipinski definition) is 0. The van der Waals surface area contributed by atoms with E-state index >= 15 is 0 Å². The fourth-order valence-electron chi connectivity index (χ4n) is 2.75. The first-order valence-electron chi connectivity index (χ1n) is 9.63. The van der Waals surface area contributed by atoms with Crippen LogP contribution in [-0.4, -0.2) is 6.00 Å². The van der Waals surface area contributed by atoms with Gasteiger partial charge in [0.1, 0.15) is 0 Å². The third kappa shape index (κ3) is 22.6. The van der Waals surface area contributed by atoms with Gasteiger partial charge in [-0.3, -0.25) is 0 Å². The molecule has 0 aliphatic rings. The summed E-state index contributed by atoms with van der Waals surface area (Å²) in [6.45, 7) is 2.28. The molecule has 0 N–H and O–H groups in total. The maximum absolute atomic E-state index is 5.70. The molecule has 0 rings (SSSR count). The summed E-state index contributed by atoms with van der Waals surface area (Å²) in [4.78, 5) is 0. The Morgan fingerprint density at radius 1 is 0.565 bits per heavy atom. The van der Waals surface area contributed by atoms with Crippen LogP contribution in [0.3, 0.4) is 0 Å². The molecule has 0 aliphatic heterocycles. The first-order valence-corrected chi connectivity index (χ1v) is 14.7. The zero-order chi connectivity index (χ0) is 17.2. The molecule has 0 aromatic carbocycles. The minimum absolute atomic E-state index is 0.874. The summed E-state index contributed by atoms with van der Waals surface area (Å²) in [7, 11) is 0. The van der Waals surface area contributed by atoms with E-state index in [1.165, 1.54) is 89.9 Å². The predicted octanol–water partition coefficient (Wildman–Crippen LogP) is 8.45. The SMILES string of the molecule is CCCCCCCCCCCCCCCCCC#C[Si](Cl)(Cl)Cl. The molecule has 0 aliphatic carbocycles. The van der Waals surface area contributed by atoms with Crippen LogP contribution in [-0.2, 0) is 0 Å². The van der Waals surface area contributed by atoms with Crippen LogP contribution in [0.2, 0.25) is 0 Å². The Bertz CT molecular complexity index is 302. The summed E-state index contributed by atoms with van der Waals surface area (Å²) in [5.74, 6) is 2.99. The van der Waals surface area contributed by atoms with Gasteiger partial charge in [0.25, 0.3) is 0 Å². The van der Waals surface area contributed by atoms with Crippen molar-refractivity contribution in [1.29, 1.82) is 0 Å². The lowest BCUT2D eigenvalue weighted by Crippen LogP contribution is -2.04. The lowest BCUT2D eigenvalue weighted by atomic mass is 10.0. The zero-order valence-corrected chi connectivity index (χ0v) is 18.2. The standard InChI is InChI=1S/C19H35Cl3Si/c1-2-3-4-5-6-7-8-9-10-11-12-13-14-15-16-17-18-19-23(20,21)22/h2-17H2,1H3. The van der Waals surface area contributed by atoms with Gasteiger partial charge in [-0.15, -0.1) is 39.2 Å². The Morgan fingerprint density at radius 2 is 0.913 bits per heavy atom. The van der Waals surface area contributed by atoms with Crippen LogP contribution in [0.15, 0.2) is 0 Å². The molecular weight excluding hydrogens is 363 g/mol. The molecular formula is C19H35Cl3Si.